The molecule has 2 aliphatic rings. The van der Waals surface area contributed by atoms with Crippen LogP contribution in [0.5, 0.6) is 0 Å². The van der Waals surface area contributed by atoms with Crippen LogP contribution in [-0.4, -0.2) is 58.7 Å². The van der Waals surface area contributed by atoms with Crippen molar-refractivity contribution in [1.82, 2.24) is 20.0 Å². The number of rotatable bonds is 5. The van der Waals surface area contributed by atoms with Gasteiger partial charge in [-0.2, -0.15) is 5.10 Å². The molecule has 2 saturated heterocycles. The van der Waals surface area contributed by atoms with Gasteiger partial charge in [-0.15, -0.1) is 12.4 Å². The lowest BCUT2D eigenvalue weighted by atomic mass is 9.89. The molecule has 0 radical (unpaired) electrons. The number of aromatic nitrogens is 2. The monoisotopic (exact) mass is 417 g/mol. The Labute approximate surface area is 177 Å². The molecular weight excluding hydrogens is 390 g/mol. The van der Waals surface area contributed by atoms with Crippen LogP contribution in [0.4, 0.5) is 5.69 Å². The molecule has 2 amide bonds. The number of aryl methyl sites for hydroxylation is 1. The lowest BCUT2D eigenvalue weighted by Crippen LogP contribution is -2.48. The summed E-state index contributed by atoms with van der Waals surface area (Å²) >= 11 is 0. The summed E-state index contributed by atoms with van der Waals surface area (Å²) in [6.07, 6.45) is 4.49. The Kier molecular flexibility index (Phi) is 6.59. The number of hydrogen-bond donors (Lipinski definition) is 1. The highest BCUT2D eigenvalue weighted by Crippen LogP contribution is 2.31. The fourth-order valence-corrected chi connectivity index (χ4v) is 4.48. The molecule has 0 spiro atoms. The summed E-state index contributed by atoms with van der Waals surface area (Å²) in [7, 11) is 1.89. The number of carbonyl (C=O) groups is 2. The van der Waals surface area contributed by atoms with Gasteiger partial charge in [0.25, 0.3) is 0 Å². The van der Waals surface area contributed by atoms with E-state index in [0.717, 1.165) is 17.8 Å². The Balaban J connectivity index is 0.00000240. The highest BCUT2D eigenvalue weighted by Gasteiger charge is 2.43. The fraction of sp³-hybridized carbons (Fsp3) is 0.476. The first-order chi connectivity index (χ1) is 13.6. The van der Waals surface area contributed by atoms with Crippen molar-refractivity contribution in [3.05, 3.63) is 48.3 Å². The Morgan fingerprint density at radius 2 is 2.03 bits per heavy atom. The normalized spacial score (nSPS) is 23.9. The largest absolute Gasteiger partial charge is 0.331 e. The number of anilines is 1. The topological polar surface area (TPSA) is 70.5 Å². The van der Waals surface area contributed by atoms with E-state index in [9.17, 15) is 9.59 Å². The maximum absolute atomic E-state index is 13.4. The lowest BCUT2D eigenvalue weighted by molar-refractivity contribution is -0.141. The maximum Gasteiger partial charge on any atom is 0.249 e. The molecule has 156 valence electrons. The predicted molar refractivity (Wildman–Crippen MR) is 114 cm³/mol. The van der Waals surface area contributed by atoms with Crippen LogP contribution in [0.2, 0.25) is 0 Å². The molecule has 3 heterocycles. The molecule has 4 rings (SSSR count). The number of halogens is 1. The molecule has 1 unspecified atom stereocenters. The van der Waals surface area contributed by atoms with Crippen LogP contribution in [0, 0.1) is 5.92 Å². The van der Waals surface area contributed by atoms with Gasteiger partial charge in [-0.1, -0.05) is 18.2 Å². The molecule has 0 aliphatic carbocycles. The van der Waals surface area contributed by atoms with E-state index >= 15 is 0 Å². The van der Waals surface area contributed by atoms with Gasteiger partial charge in [0.15, 0.2) is 0 Å². The number of carbonyl (C=O) groups excluding carboxylic acids is 2. The minimum Gasteiger partial charge on any atom is -0.331 e. The Hall–Kier alpha value is -2.38. The zero-order valence-corrected chi connectivity index (χ0v) is 17.6. The smallest absolute Gasteiger partial charge is 0.249 e. The number of nitrogens with zero attached hydrogens (tertiary/aromatic N) is 4. The third-order valence-corrected chi connectivity index (χ3v) is 5.93. The molecule has 0 saturated carbocycles. The highest BCUT2D eigenvalue weighted by atomic mass is 35.5. The van der Waals surface area contributed by atoms with E-state index in [4.69, 9.17) is 0 Å². The van der Waals surface area contributed by atoms with Gasteiger partial charge in [0.05, 0.1) is 12.1 Å². The first-order valence-corrected chi connectivity index (χ1v) is 9.96. The molecule has 2 aliphatic heterocycles. The highest BCUT2D eigenvalue weighted by molar-refractivity contribution is 6.01. The fourth-order valence-electron chi connectivity index (χ4n) is 4.48. The van der Waals surface area contributed by atoms with E-state index < -0.39 is 0 Å². The van der Waals surface area contributed by atoms with Crippen molar-refractivity contribution >= 4 is 29.9 Å². The van der Waals surface area contributed by atoms with Gasteiger partial charge in [0, 0.05) is 51.0 Å². The van der Waals surface area contributed by atoms with E-state index in [0.29, 0.717) is 26.1 Å². The van der Waals surface area contributed by atoms with Crippen molar-refractivity contribution in [3.8, 4) is 0 Å². The van der Waals surface area contributed by atoms with Gasteiger partial charge in [-0.05, 0) is 31.0 Å². The molecule has 3 atom stereocenters. The number of amides is 2. The second-order valence-corrected chi connectivity index (χ2v) is 7.57. The van der Waals surface area contributed by atoms with Crippen LogP contribution in [0.15, 0.2) is 42.7 Å². The first-order valence-electron chi connectivity index (χ1n) is 9.96. The summed E-state index contributed by atoms with van der Waals surface area (Å²) < 4.78 is 1.77. The van der Waals surface area contributed by atoms with Crippen LogP contribution in [0.3, 0.4) is 0 Å². The van der Waals surface area contributed by atoms with Crippen LogP contribution in [0.25, 0.3) is 0 Å². The Morgan fingerprint density at radius 3 is 2.69 bits per heavy atom. The second kappa shape index (κ2) is 8.97. The quantitative estimate of drug-likeness (QED) is 0.805. The van der Waals surface area contributed by atoms with Gasteiger partial charge < -0.3 is 15.1 Å². The van der Waals surface area contributed by atoms with Crippen molar-refractivity contribution in [2.45, 2.75) is 25.3 Å². The zero-order chi connectivity index (χ0) is 19.7. The summed E-state index contributed by atoms with van der Waals surface area (Å²) in [4.78, 5) is 30.1. The van der Waals surface area contributed by atoms with E-state index in [-0.39, 0.29) is 42.1 Å². The van der Waals surface area contributed by atoms with E-state index in [1.807, 2.05) is 56.7 Å². The summed E-state index contributed by atoms with van der Waals surface area (Å²) in [5.41, 5.74) is 1.97. The SMILES string of the molecule is CCN(C(=O)[C@H]1CNC[C@@H]1c1cnn(C)c1)C1CCN(c2ccccc2)C1=O.Cl. The molecule has 0 bridgehead atoms. The molecule has 29 heavy (non-hydrogen) atoms. The maximum atomic E-state index is 13.4. The van der Waals surface area contributed by atoms with E-state index in [1.54, 1.807) is 14.5 Å². The summed E-state index contributed by atoms with van der Waals surface area (Å²) in [6, 6.07) is 9.31. The van der Waals surface area contributed by atoms with Gasteiger partial charge >= 0.3 is 0 Å². The van der Waals surface area contributed by atoms with Gasteiger partial charge in [-0.3, -0.25) is 14.3 Å². The van der Waals surface area contributed by atoms with Crippen LogP contribution in [-0.2, 0) is 16.6 Å². The summed E-state index contributed by atoms with van der Waals surface area (Å²) in [5, 5.41) is 7.60. The molecule has 1 aromatic heterocycles. The summed E-state index contributed by atoms with van der Waals surface area (Å²) in [5.74, 6) is 0.0135. The average molecular weight is 418 g/mol. The van der Waals surface area contributed by atoms with Gasteiger partial charge in [0.1, 0.15) is 6.04 Å². The Bertz CT molecular complexity index is 856. The summed E-state index contributed by atoms with van der Waals surface area (Å²) in [6.45, 7) is 4.53. The third kappa shape index (κ3) is 4.02. The molecule has 8 heteroatoms. The lowest BCUT2D eigenvalue weighted by Gasteiger charge is -2.31. The van der Waals surface area contributed by atoms with Gasteiger partial charge in [-0.25, -0.2) is 0 Å². The minimum atomic E-state index is -0.382. The van der Waals surface area contributed by atoms with Crippen LogP contribution < -0.4 is 10.2 Å². The number of benzene rings is 1. The molecule has 7 nitrogen and oxygen atoms in total. The predicted octanol–water partition coefficient (Wildman–Crippen LogP) is 1.80. The molecule has 2 fully saturated rings. The molecule has 1 aromatic carbocycles. The Morgan fingerprint density at radius 1 is 1.28 bits per heavy atom. The number of likely N-dealkylation sites (N-methyl/N-ethyl adjacent to an activating group) is 1. The van der Waals surface area contributed by atoms with Crippen molar-refractivity contribution in [2.24, 2.45) is 13.0 Å². The molecular formula is C21H28ClN5O2. The minimum absolute atomic E-state index is 0. The number of hydrogen-bond acceptors (Lipinski definition) is 4. The molecule has 1 N–H and O–H groups in total. The standard InChI is InChI=1S/C21H27N5O2.ClH/c1-3-25(19-9-10-26(21(19)28)16-7-5-4-6-8-16)20(27)18-13-22-12-17(18)15-11-23-24(2)14-15;/h4-8,11,14,17-19,22H,3,9-10,12-13H2,1-2H3;1H/t17-,18+,19?;/m1./s1. The van der Waals surface area contributed by atoms with Crippen molar-refractivity contribution in [3.63, 3.8) is 0 Å². The zero-order valence-electron chi connectivity index (χ0n) is 16.8. The van der Waals surface area contributed by atoms with Crippen molar-refractivity contribution < 1.29 is 9.59 Å². The van der Waals surface area contributed by atoms with Crippen molar-refractivity contribution in [1.29, 1.82) is 0 Å². The first kappa shape index (κ1) is 21.3. The van der Waals surface area contributed by atoms with Crippen LogP contribution >= 0.6 is 12.4 Å². The third-order valence-electron chi connectivity index (χ3n) is 5.93. The average Bonchev–Trinajstić information content (AvgIpc) is 3.43. The van der Waals surface area contributed by atoms with E-state index in [2.05, 4.69) is 10.4 Å². The van der Waals surface area contributed by atoms with Crippen molar-refractivity contribution in [2.75, 3.05) is 31.1 Å². The van der Waals surface area contributed by atoms with E-state index in [1.165, 1.54) is 0 Å². The van der Waals surface area contributed by atoms with Crippen LogP contribution in [0.1, 0.15) is 24.8 Å². The number of para-hydroxylation sites is 1. The number of nitrogens with one attached hydrogen (secondary N) is 1. The second-order valence-electron chi connectivity index (χ2n) is 7.57. The molecule has 2 aromatic rings. The van der Waals surface area contributed by atoms with Gasteiger partial charge in [0.2, 0.25) is 11.8 Å².